The monoisotopic (exact) mass is 349 g/mol. The first-order chi connectivity index (χ1) is 11.6. The van der Waals surface area contributed by atoms with E-state index < -0.39 is 12.1 Å². The van der Waals surface area contributed by atoms with E-state index >= 15 is 0 Å². The Morgan fingerprint density at radius 1 is 1.25 bits per heavy atom. The molecular weight excluding hydrogens is 334 g/mol. The minimum Gasteiger partial charge on any atom is -0.483 e. The smallest absolute Gasteiger partial charge is 0.334 e. The second-order valence-electron chi connectivity index (χ2n) is 5.42. The van der Waals surface area contributed by atoms with Crippen molar-refractivity contribution in [1.82, 2.24) is 4.90 Å². The summed E-state index contributed by atoms with van der Waals surface area (Å²) in [5, 5.41) is 11.3. The second kappa shape index (κ2) is 7.07. The van der Waals surface area contributed by atoms with Crippen LogP contribution in [0.25, 0.3) is 10.8 Å². The molecule has 0 spiro atoms. The normalized spacial score (nSPS) is 17.7. The molecule has 3 rings (SSSR count). The van der Waals surface area contributed by atoms with E-state index in [9.17, 15) is 9.59 Å². The number of carbonyl (C=O) groups excluding carboxylic acids is 1. The van der Waals surface area contributed by atoms with E-state index in [0.29, 0.717) is 17.3 Å². The molecule has 1 amide bonds. The van der Waals surface area contributed by atoms with Gasteiger partial charge in [-0.2, -0.15) is 0 Å². The third kappa shape index (κ3) is 3.44. The van der Waals surface area contributed by atoms with Crippen molar-refractivity contribution in [2.75, 3.05) is 26.3 Å². The van der Waals surface area contributed by atoms with Crippen LogP contribution in [-0.4, -0.2) is 54.3 Å². The SMILES string of the molecule is O=C(O)C1CN(C(=O)COc2ccc(Cl)c3ccccc23)CCO1. The number of ether oxygens (including phenoxy) is 2. The Morgan fingerprint density at radius 2 is 2.00 bits per heavy atom. The van der Waals surface area contributed by atoms with Crippen molar-refractivity contribution in [3.8, 4) is 5.75 Å². The van der Waals surface area contributed by atoms with Gasteiger partial charge in [-0.3, -0.25) is 4.79 Å². The first-order valence-electron chi connectivity index (χ1n) is 7.48. The molecule has 1 heterocycles. The van der Waals surface area contributed by atoms with Crippen LogP contribution in [0, 0.1) is 0 Å². The molecule has 7 heteroatoms. The van der Waals surface area contributed by atoms with Crippen molar-refractivity contribution in [3.63, 3.8) is 0 Å². The lowest BCUT2D eigenvalue weighted by Crippen LogP contribution is -2.49. The molecule has 0 aliphatic carbocycles. The van der Waals surface area contributed by atoms with Crippen molar-refractivity contribution in [1.29, 1.82) is 0 Å². The van der Waals surface area contributed by atoms with Crippen LogP contribution in [0.3, 0.4) is 0 Å². The van der Waals surface area contributed by atoms with Crippen molar-refractivity contribution in [2.24, 2.45) is 0 Å². The molecule has 0 bridgehead atoms. The number of benzene rings is 2. The zero-order valence-electron chi connectivity index (χ0n) is 12.8. The van der Waals surface area contributed by atoms with Gasteiger partial charge in [-0.1, -0.05) is 35.9 Å². The molecule has 0 saturated carbocycles. The molecule has 1 atom stereocenters. The number of carboxylic acids is 1. The number of carbonyl (C=O) groups is 2. The Balaban J connectivity index is 1.69. The van der Waals surface area contributed by atoms with Crippen molar-refractivity contribution in [2.45, 2.75) is 6.10 Å². The summed E-state index contributed by atoms with van der Waals surface area (Å²) in [6.45, 7) is 0.413. The minimum atomic E-state index is -1.07. The number of aliphatic carboxylic acids is 1. The molecule has 1 N–H and O–H groups in total. The van der Waals surface area contributed by atoms with Crippen LogP contribution in [0.5, 0.6) is 5.75 Å². The Bertz CT molecular complexity index is 779. The Kier molecular flexibility index (Phi) is 4.87. The topological polar surface area (TPSA) is 76.1 Å². The van der Waals surface area contributed by atoms with E-state index in [4.69, 9.17) is 26.2 Å². The predicted octanol–water partition coefficient (Wildman–Crippen LogP) is 2.18. The quantitative estimate of drug-likeness (QED) is 0.915. The number of morpholine rings is 1. The second-order valence-corrected chi connectivity index (χ2v) is 5.82. The summed E-state index contributed by atoms with van der Waals surface area (Å²) in [5.74, 6) is -0.785. The van der Waals surface area contributed by atoms with Crippen molar-refractivity contribution in [3.05, 3.63) is 41.4 Å². The molecule has 2 aromatic rings. The summed E-state index contributed by atoms with van der Waals surface area (Å²) in [6.07, 6.45) is -0.987. The van der Waals surface area contributed by atoms with Crippen LogP contribution in [-0.2, 0) is 14.3 Å². The number of amides is 1. The number of fused-ring (bicyclic) bond motifs is 1. The Hall–Kier alpha value is -2.31. The fourth-order valence-electron chi connectivity index (χ4n) is 2.62. The molecule has 2 aromatic carbocycles. The maximum Gasteiger partial charge on any atom is 0.334 e. The van der Waals surface area contributed by atoms with E-state index in [-0.39, 0.29) is 25.7 Å². The number of halogens is 1. The van der Waals surface area contributed by atoms with E-state index in [1.54, 1.807) is 12.1 Å². The molecule has 1 aliphatic heterocycles. The van der Waals surface area contributed by atoms with Crippen LogP contribution in [0.15, 0.2) is 36.4 Å². The lowest BCUT2D eigenvalue weighted by Gasteiger charge is -2.30. The van der Waals surface area contributed by atoms with E-state index in [0.717, 1.165) is 10.8 Å². The predicted molar refractivity (Wildman–Crippen MR) is 88.4 cm³/mol. The van der Waals surface area contributed by atoms with Crippen molar-refractivity contribution >= 4 is 34.2 Å². The van der Waals surface area contributed by atoms with E-state index in [1.165, 1.54) is 4.90 Å². The van der Waals surface area contributed by atoms with Crippen molar-refractivity contribution < 1.29 is 24.2 Å². The van der Waals surface area contributed by atoms with Gasteiger partial charge >= 0.3 is 5.97 Å². The highest BCUT2D eigenvalue weighted by atomic mass is 35.5. The molecule has 0 aromatic heterocycles. The molecular formula is C17H16ClNO5. The summed E-state index contributed by atoms with van der Waals surface area (Å²) in [5.41, 5.74) is 0. The number of rotatable bonds is 4. The summed E-state index contributed by atoms with van der Waals surface area (Å²) < 4.78 is 10.8. The first-order valence-corrected chi connectivity index (χ1v) is 7.86. The lowest BCUT2D eigenvalue weighted by atomic mass is 10.1. The maximum absolute atomic E-state index is 12.3. The Morgan fingerprint density at radius 3 is 2.75 bits per heavy atom. The molecule has 1 fully saturated rings. The zero-order chi connectivity index (χ0) is 17.1. The van der Waals surface area contributed by atoms with Crippen LogP contribution in [0.2, 0.25) is 5.02 Å². The Labute approximate surface area is 143 Å². The summed E-state index contributed by atoms with van der Waals surface area (Å²) in [7, 11) is 0. The van der Waals surface area contributed by atoms with Gasteiger partial charge in [-0.15, -0.1) is 0 Å². The average molecular weight is 350 g/mol. The van der Waals surface area contributed by atoms with Gasteiger partial charge in [0.1, 0.15) is 5.75 Å². The lowest BCUT2D eigenvalue weighted by molar-refractivity contribution is -0.159. The highest BCUT2D eigenvalue weighted by Crippen LogP contribution is 2.31. The van der Waals surface area contributed by atoms with Crippen LogP contribution in [0.1, 0.15) is 0 Å². The van der Waals surface area contributed by atoms with E-state index in [1.807, 2.05) is 24.3 Å². The number of nitrogens with zero attached hydrogens (tertiary/aromatic N) is 1. The number of hydrogen-bond donors (Lipinski definition) is 1. The zero-order valence-corrected chi connectivity index (χ0v) is 13.5. The van der Waals surface area contributed by atoms with Gasteiger partial charge in [0, 0.05) is 22.3 Å². The third-order valence-corrected chi connectivity index (χ3v) is 4.21. The maximum atomic E-state index is 12.3. The van der Waals surface area contributed by atoms with Crippen LogP contribution < -0.4 is 4.74 Å². The summed E-state index contributed by atoms with van der Waals surface area (Å²) in [6, 6.07) is 10.9. The average Bonchev–Trinajstić information content (AvgIpc) is 2.61. The number of carboxylic acid groups (broad SMARTS) is 1. The summed E-state index contributed by atoms with van der Waals surface area (Å²) in [4.78, 5) is 24.7. The van der Waals surface area contributed by atoms with Gasteiger partial charge in [-0.05, 0) is 12.1 Å². The van der Waals surface area contributed by atoms with Gasteiger partial charge in [0.05, 0.1) is 13.2 Å². The fourth-order valence-corrected chi connectivity index (χ4v) is 2.84. The minimum absolute atomic E-state index is 0.0267. The highest BCUT2D eigenvalue weighted by molar-refractivity contribution is 6.35. The van der Waals surface area contributed by atoms with Gasteiger partial charge in [-0.25, -0.2) is 4.79 Å². The molecule has 6 nitrogen and oxygen atoms in total. The molecule has 126 valence electrons. The molecule has 24 heavy (non-hydrogen) atoms. The van der Waals surface area contributed by atoms with Gasteiger partial charge < -0.3 is 19.5 Å². The largest absolute Gasteiger partial charge is 0.483 e. The first kappa shape index (κ1) is 16.5. The molecule has 1 unspecified atom stereocenters. The molecule has 1 aliphatic rings. The highest BCUT2D eigenvalue weighted by Gasteiger charge is 2.29. The summed E-state index contributed by atoms with van der Waals surface area (Å²) >= 11 is 6.16. The van der Waals surface area contributed by atoms with Crippen LogP contribution >= 0.6 is 11.6 Å². The fraction of sp³-hybridized carbons (Fsp3) is 0.294. The van der Waals surface area contributed by atoms with Crippen LogP contribution in [0.4, 0.5) is 0 Å². The standard InChI is InChI=1S/C17H16ClNO5/c18-13-5-6-14(12-4-2-1-3-11(12)13)24-10-16(20)19-7-8-23-15(9-19)17(21)22/h1-6,15H,7-10H2,(H,21,22). The van der Waals surface area contributed by atoms with Gasteiger partial charge in [0.15, 0.2) is 12.7 Å². The third-order valence-electron chi connectivity index (χ3n) is 3.88. The molecule has 0 radical (unpaired) electrons. The van der Waals surface area contributed by atoms with Gasteiger partial charge in [0.25, 0.3) is 5.91 Å². The molecule has 1 saturated heterocycles. The van der Waals surface area contributed by atoms with Gasteiger partial charge in [0.2, 0.25) is 0 Å². The number of hydrogen-bond acceptors (Lipinski definition) is 4. The van der Waals surface area contributed by atoms with E-state index in [2.05, 4.69) is 0 Å².